The van der Waals surface area contributed by atoms with Gasteiger partial charge in [-0.15, -0.1) is 0 Å². The van der Waals surface area contributed by atoms with E-state index in [0.717, 1.165) is 0 Å². The Hall–Kier alpha value is -2.58. The molecule has 6 aromatic carbocycles. The van der Waals surface area contributed by atoms with Gasteiger partial charge in [0, 0.05) is 20.4 Å². The number of hydrogen-bond acceptors (Lipinski definition) is 0. The molecule has 0 aliphatic heterocycles. The zero-order valence-electron chi connectivity index (χ0n) is 22.4. The van der Waals surface area contributed by atoms with Gasteiger partial charge in [-0.25, -0.2) is 0 Å². The van der Waals surface area contributed by atoms with E-state index in [-0.39, 0.29) is 20.4 Å². The van der Waals surface area contributed by atoms with Gasteiger partial charge in [0.15, 0.2) is 0 Å². The third-order valence-electron chi connectivity index (χ3n) is 7.03. The van der Waals surface area contributed by atoms with Crippen LogP contribution in [-0.4, -0.2) is 0 Å². The van der Waals surface area contributed by atoms with Crippen molar-refractivity contribution in [2.24, 2.45) is 0 Å². The summed E-state index contributed by atoms with van der Waals surface area (Å²) >= 11 is 14.5. The van der Waals surface area contributed by atoms with Crippen LogP contribution in [0.3, 0.4) is 0 Å². The minimum atomic E-state index is -2.41. The van der Waals surface area contributed by atoms with Crippen molar-refractivity contribution in [3.05, 3.63) is 182 Å². The SMILES string of the molecule is Cl[PH](c1ccccc1)(c1ccccc1)c1ccccc1.Cl[PH](c1ccccc1)(c1ccccc1)c1ccccc1.[Pd]. The van der Waals surface area contributed by atoms with Gasteiger partial charge in [0.2, 0.25) is 0 Å². The van der Waals surface area contributed by atoms with Crippen molar-refractivity contribution >= 4 is 67.5 Å². The van der Waals surface area contributed by atoms with Gasteiger partial charge in [-0.2, -0.15) is 0 Å². The molecule has 0 unspecified atom stereocenters. The standard InChI is InChI=1S/2C18H16ClP.Pd/c2*19-20(16-10-4-1-5-11-16,17-12-6-2-7-13-17)18-14-8-3-9-15-18;/h2*1-15,20H;. The van der Waals surface area contributed by atoms with E-state index in [1.54, 1.807) is 0 Å². The fraction of sp³-hybridized carbons (Fsp3) is 0. The van der Waals surface area contributed by atoms with Crippen molar-refractivity contribution in [1.29, 1.82) is 0 Å². The predicted octanol–water partition coefficient (Wildman–Crippen LogP) is 7.73. The van der Waals surface area contributed by atoms with E-state index in [9.17, 15) is 0 Å². The quantitative estimate of drug-likeness (QED) is 0.123. The molecule has 6 rings (SSSR count). The molecular formula is C36H32Cl2P2Pd. The molecule has 0 aromatic heterocycles. The summed E-state index contributed by atoms with van der Waals surface area (Å²) in [5.74, 6) is 0. The van der Waals surface area contributed by atoms with Gasteiger partial charge in [-0.05, 0) is 0 Å². The second-order valence-corrected chi connectivity index (χ2v) is 19.0. The maximum atomic E-state index is 7.25. The molecule has 0 heterocycles. The molecule has 0 radical (unpaired) electrons. The van der Waals surface area contributed by atoms with Crippen LogP contribution in [0.25, 0.3) is 0 Å². The van der Waals surface area contributed by atoms with E-state index in [2.05, 4.69) is 146 Å². The van der Waals surface area contributed by atoms with Crippen molar-refractivity contribution < 1.29 is 20.4 Å². The van der Waals surface area contributed by atoms with Crippen LogP contribution in [-0.2, 0) is 20.4 Å². The third kappa shape index (κ3) is 7.08. The van der Waals surface area contributed by atoms with Crippen LogP contribution in [0, 0.1) is 0 Å². The molecule has 0 fully saturated rings. The normalized spacial score (nSPS) is 11.8. The Morgan fingerprint density at radius 2 is 0.366 bits per heavy atom. The molecule has 5 heteroatoms. The molecule has 41 heavy (non-hydrogen) atoms. The van der Waals surface area contributed by atoms with Crippen molar-refractivity contribution in [2.45, 2.75) is 0 Å². The second-order valence-electron chi connectivity index (χ2n) is 9.51. The van der Waals surface area contributed by atoms with E-state index in [1.807, 2.05) is 36.4 Å². The molecule has 210 valence electrons. The minimum absolute atomic E-state index is 0. The van der Waals surface area contributed by atoms with Crippen LogP contribution in [0.2, 0.25) is 0 Å². The Morgan fingerprint density at radius 1 is 0.244 bits per heavy atom. The Balaban J connectivity index is 0.000000184. The Morgan fingerprint density at radius 3 is 0.488 bits per heavy atom. The second kappa shape index (κ2) is 15.1. The average Bonchev–Trinajstić information content (AvgIpc) is 3.07. The minimum Gasteiger partial charge on any atom is 0 e. The molecule has 0 nitrogen and oxygen atoms in total. The van der Waals surface area contributed by atoms with Gasteiger partial charge < -0.3 is 0 Å². The molecule has 0 saturated heterocycles. The van der Waals surface area contributed by atoms with Gasteiger partial charge in [0.1, 0.15) is 0 Å². The first-order chi connectivity index (χ1) is 19.6. The summed E-state index contributed by atoms with van der Waals surface area (Å²) in [5, 5.41) is 7.33. The molecule has 0 bridgehead atoms. The van der Waals surface area contributed by atoms with Crippen LogP contribution < -0.4 is 31.8 Å². The number of rotatable bonds is 6. The van der Waals surface area contributed by atoms with Crippen LogP contribution in [0.1, 0.15) is 0 Å². The number of hydrogen-bond donors (Lipinski definition) is 0. The third-order valence-corrected chi connectivity index (χ3v) is 17.7. The molecule has 0 aliphatic carbocycles. The largest absolute Gasteiger partial charge is 0 e. The molecule has 0 saturated carbocycles. The van der Waals surface area contributed by atoms with Crippen molar-refractivity contribution in [1.82, 2.24) is 0 Å². The summed E-state index contributed by atoms with van der Waals surface area (Å²) in [6.07, 6.45) is 0. The Kier molecular flexibility index (Phi) is 11.5. The van der Waals surface area contributed by atoms with E-state index in [4.69, 9.17) is 22.5 Å². The summed E-state index contributed by atoms with van der Waals surface area (Å²) in [6.45, 7) is -4.81. The average molecular weight is 704 g/mol. The van der Waals surface area contributed by atoms with Gasteiger partial charge in [0.25, 0.3) is 0 Å². The van der Waals surface area contributed by atoms with E-state index in [0.29, 0.717) is 0 Å². The van der Waals surface area contributed by atoms with Crippen molar-refractivity contribution in [3.63, 3.8) is 0 Å². The molecule has 6 aromatic rings. The molecule has 0 spiro atoms. The first kappa shape index (κ1) is 31.4. The smallest absolute Gasteiger partial charge is 0 e. The van der Waals surface area contributed by atoms with Gasteiger partial charge in [-0.1, -0.05) is 0 Å². The fourth-order valence-corrected chi connectivity index (χ4v) is 13.2. The Labute approximate surface area is 268 Å². The maximum absolute atomic E-state index is 7.25. The van der Waals surface area contributed by atoms with E-state index in [1.165, 1.54) is 31.8 Å². The topological polar surface area (TPSA) is 0 Å². The molecule has 0 aliphatic rings. The summed E-state index contributed by atoms with van der Waals surface area (Å²) in [7, 11) is 0. The monoisotopic (exact) mass is 702 g/mol. The zero-order chi connectivity index (χ0) is 27.7. The maximum Gasteiger partial charge on any atom is 0 e. The fourth-order valence-electron chi connectivity index (χ4n) is 5.01. The zero-order valence-corrected chi connectivity index (χ0v) is 27.5. The van der Waals surface area contributed by atoms with E-state index < -0.39 is 13.2 Å². The summed E-state index contributed by atoms with van der Waals surface area (Å²) < 4.78 is 0. The summed E-state index contributed by atoms with van der Waals surface area (Å²) in [6, 6.07) is 62.6. The number of benzene rings is 6. The van der Waals surface area contributed by atoms with Gasteiger partial charge in [0.05, 0.1) is 0 Å². The van der Waals surface area contributed by atoms with Crippen LogP contribution in [0.4, 0.5) is 0 Å². The summed E-state index contributed by atoms with van der Waals surface area (Å²) in [4.78, 5) is 0. The van der Waals surface area contributed by atoms with Crippen molar-refractivity contribution in [2.75, 3.05) is 0 Å². The van der Waals surface area contributed by atoms with Gasteiger partial charge >= 0.3 is 250 Å². The first-order valence-corrected chi connectivity index (χ1v) is 19.4. The molecule has 0 amide bonds. The molecule has 0 N–H and O–H groups in total. The van der Waals surface area contributed by atoms with Crippen LogP contribution in [0.15, 0.2) is 182 Å². The Bertz CT molecular complexity index is 1270. The molecular weight excluding hydrogens is 672 g/mol. The number of halogens is 2. The van der Waals surface area contributed by atoms with Crippen molar-refractivity contribution in [3.8, 4) is 0 Å². The van der Waals surface area contributed by atoms with Crippen LogP contribution in [0.5, 0.6) is 0 Å². The summed E-state index contributed by atoms with van der Waals surface area (Å²) in [5.41, 5.74) is 0. The first-order valence-electron chi connectivity index (χ1n) is 13.3. The van der Waals surface area contributed by atoms with E-state index >= 15 is 0 Å². The molecule has 0 atom stereocenters. The predicted molar refractivity (Wildman–Crippen MR) is 185 cm³/mol. The van der Waals surface area contributed by atoms with Gasteiger partial charge in [-0.3, -0.25) is 0 Å². The van der Waals surface area contributed by atoms with Crippen LogP contribution >= 0.6 is 35.7 Å².